The van der Waals surface area contributed by atoms with E-state index in [1.807, 2.05) is 44.3 Å². The Morgan fingerprint density at radius 3 is 2.37 bits per heavy atom. The van der Waals surface area contributed by atoms with Crippen LogP contribution >= 0.6 is 23.1 Å². The molecular formula is C24H32N8OS2. The Labute approximate surface area is 214 Å². The molecule has 0 saturated carbocycles. The molecular weight excluding hydrogens is 480 g/mol. The number of carbonyl (C=O) groups excluding carboxylic acids is 1. The molecule has 4 rings (SSSR count). The molecule has 0 bridgehead atoms. The number of amides is 1. The van der Waals surface area contributed by atoms with E-state index in [4.69, 9.17) is 9.97 Å². The van der Waals surface area contributed by atoms with Crippen LogP contribution in [0.25, 0.3) is 0 Å². The second-order valence-corrected chi connectivity index (χ2v) is 11.3. The lowest BCUT2D eigenvalue weighted by Gasteiger charge is -2.32. The molecule has 1 aromatic carbocycles. The molecule has 11 heteroatoms. The predicted octanol–water partition coefficient (Wildman–Crippen LogP) is 4.69. The van der Waals surface area contributed by atoms with Crippen LogP contribution in [0.3, 0.4) is 0 Å². The fraction of sp³-hybridized carbons (Fsp3) is 0.458. The van der Waals surface area contributed by atoms with Crippen LogP contribution in [0.4, 0.5) is 22.7 Å². The van der Waals surface area contributed by atoms with Gasteiger partial charge in [-0.3, -0.25) is 10.1 Å². The van der Waals surface area contributed by atoms with Gasteiger partial charge < -0.3 is 15.1 Å². The molecule has 1 amide bonds. The number of benzene rings is 1. The van der Waals surface area contributed by atoms with E-state index >= 15 is 0 Å². The van der Waals surface area contributed by atoms with Crippen molar-refractivity contribution in [3.8, 4) is 0 Å². The Morgan fingerprint density at radius 1 is 1.03 bits per heavy atom. The van der Waals surface area contributed by atoms with Gasteiger partial charge in [-0.2, -0.15) is 15.0 Å². The normalized spacial score (nSPS) is 14.5. The molecule has 1 saturated heterocycles. The van der Waals surface area contributed by atoms with E-state index in [1.54, 1.807) is 11.3 Å². The van der Waals surface area contributed by atoms with Crippen molar-refractivity contribution in [3.63, 3.8) is 0 Å². The first-order valence-electron chi connectivity index (χ1n) is 11.8. The first-order chi connectivity index (χ1) is 16.8. The number of likely N-dealkylation sites (N-methyl/N-ethyl adjacent to an activating group) is 1. The summed E-state index contributed by atoms with van der Waals surface area (Å²) in [4.78, 5) is 37.3. The van der Waals surface area contributed by atoms with Crippen LogP contribution in [0.2, 0.25) is 0 Å². The highest BCUT2D eigenvalue weighted by Crippen LogP contribution is 2.30. The molecule has 2 aromatic heterocycles. The number of rotatable bonds is 8. The SMILES string of the molecule is CC(C)C(=O)Nc1ccc(Sc2nc(Nc3ncc(C(C)C)s3)nc(N3CCN(C)CC3)n2)cc1. The molecule has 0 unspecified atom stereocenters. The minimum atomic E-state index is -0.0670. The molecule has 1 aliphatic rings. The van der Waals surface area contributed by atoms with Crippen LogP contribution in [-0.4, -0.2) is 64.0 Å². The molecule has 9 nitrogen and oxygen atoms in total. The quantitative estimate of drug-likeness (QED) is 0.445. The minimum absolute atomic E-state index is 0.00165. The van der Waals surface area contributed by atoms with Crippen LogP contribution in [0.5, 0.6) is 0 Å². The van der Waals surface area contributed by atoms with E-state index < -0.39 is 0 Å². The van der Waals surface area contributed by atoms with Crippen molar-refractivity contribution in [1.82, 2.24) is 24.8 Å². The van der Waals surface area contributed by atoms with Gasteiger partial charge in [-0.15, -0.1) is 11.3 Å². The molecule has 3 heterocycles. The highest BCUT2D eigenvalue weighted by molar-refractivity contribution is 7.99. The third-order valence-electron chi connectivity index (χ3n) is 5.56. The average Bonchev–Trinajstić information content (AvgIpc) is 3.29. The number of thiazole rings is 1. The Morgan fingerprint density at radius 2 is 1.74 bits per heavy atom. The van der Waals surface area contributed by atoms with Crippen molar-refractivity contribution >= 4 is 51.7 Å². The third kappa shape index (κ3) is 6.89. The predicted molar refractivity (Wildman–Crippen MR) is 143 cm³/mol. The molecule has 35 heavy (non-hydrogen) atoms. The van der Waals surface area contributed by atoms with Gasteiger partial charge in [0.15, 0.2) is 10.3 Å². The number of piperazine rings is 1. The van der Waals surface area contributed by atoms with Gasteiger partial charge >= 0.3 is 0 Å². The maximum Gasteiger partial charge on any atom is 0.234 e. The summed E-state index contributed by atoms with van der Waals surface area (Å²) in [6.45, 7) is 11.7. The fourth-order valence-electron chi connectivity index (χ4n) is 3.30. The van der Waals surface area contributed by atoms with Gasteiger partial charge in [-0.1, -0.05) is 27.7 Å². The smallest absolute Gasteiger partial charge is 0.234 e. The first kappa shape index (κ1) is 25.3. The standard InChI is InChI=1S/C24H32N8OS2/c1-15(2)19-14-25-23(35-19)28-21-27-22(32-12-10-31(5)11-13-32)30-24(29-21)34-18-8-6-17(7-9-18)26-20(33)16(3)4/h6-9,14-16H,10-13H2,1-5H3,(H,26,33)(H,25,27,28,29,30). The lowest BCUT2D eigenvalue weighted by molar-refractivity contribution is -0.118. The van der Waals surface area contributed by atoms with E-state index in [2.05, 4.69) is 51.3 Å². The number of hydrogen-bond acceptors (Lipinski definition) is 10. The maximum atomic E-state index is 12.0. The molecule has 186 valence electrons. The van der Waals surface area contributed by atoms with Crippen LogP contribution in [0, 0.1) is 5.92 Å². The molecule has 0 aliphatic carbocycles. The molecule has 0 spiro atoms. The molecule has 3 aromatic rings. The Bertz CT molecular complexity index is 1140. The van der Waals surface area contributed by atoms with E-state index in [-0.39, 0.29) is 11.8 Å². The van der Waals surface area contributed by atoms with Gasteiger partial charge in [0.1, 0.15) is 0 Å². The summed E-state index contributed by atoms with van der Waals surface area (Å²) in [7, 11) is 2.13. The fourth-order valence-corrected chi connectivity index (χ4v) is 4.86. The van der Waals surface area contributed by atoms with Crippen molar-refractivity contribution in [2.24, 2.45) is 5.92 Å². The van der Waals surface area contributed by atoms with Gasteiger partial charge in [0.2, 0.25) is 17.8 Å². The van der Waals surface area contributed by atoms with E-state index in [1.165, 1.54) is 16.6 Å². The number of anilines is 4. The summed E-state index contributed by atoms with van der Waals surface area (Å²) in [6.07, 6.45) is 1.90. The second kappa shape index (κ2) is 11.3. The Hall–Kier alpha value is -2.76. The monoisotopic (exact) mass is 512 g/mol. The van der Waals surface area contributed by atoms with Crippen molar-refractivity contribution in [2.45, 2.75) is 43.7 Å². The number of aromatic nitrogens is 4. The lowest BCUT2D eigenvalue weighted by Crippen LogP contribution is -2.45. The summed E-state index contributed by atoms with van der Waals surface area (Å²) in [5, 5.41) is 7.58. The second-order valence-electron chi connectivity index (χ2n) is 9.15. The van der Waals surface area contributed by atoms with E-state index in [0.717, 1.165) is 41.9 Å². The summed E-state index contributed by atoms with van der Waals surface area (Å²) < 4.78 is 0. The molecule has 0 atom stereocenters. The van der Waals surface area contributed by atoms with Crippen molar-refractivity contribution in [3.05, 3.63) is 35.3 Å². The van der Waals surface area contributed by atoms with Gasteiger partial charge in [0, 0.05) is 53.8 Å². The highest BCUT2D eigenvalue weighted by atomic mass is 32.2. The Kier molecular flexibility index (Phi) is 8.19. The lowest BCUT2D eigenvalue weighted by atomic mass is 10.2. The highest BCUT2D eigenvalue weighted by Gasteiger charge is 2.19. The summed E-state index contributed by atoms with van der Waals surface area (Å²) in [5.74, 6) is 1.50. The van der Waals surface area contributed by atoms with Crippen molar-refractivity contribution < 1.29 is 4.79 Å². The molecule has 1 aliphatic heterocycles. The van der Waals surface area contributed by atoms with Crippen molar-refractivity contribution in [1.29, 1.82) is 0 Å². The van der Waals surface area contributed by atoms with Crippen LogP contribution in [-0.2, 0) is 4.79 Å². The van der Waals surface area contributed by atoms with Gasteiger partial charge in [0.25, 0.3) is 0 Å². The zero-order valence-electron chi connectivity index (χ0n) is 20.8. The summed E-state index contributed by atoms with van der Waals surface area (Å²) in [6, 6.07) is 7.71. The van der Waals surface area contributed by atoms with Gasteiger partial charge in [-0.05, 0) is 49.0 Å². The number of carbonyl (C=O) groups is 1. The van der Waals surface area contributed by atoms with Crippen LogP contribution < -0.4 is 15.5 Å². The number of nitrogens with zero attached hydrogens (tertiary/aromatic N) is 6. The van der Waals surface area contributed by atoms with E-state index in [0.29, 0.717) is 23.0 Å². The average molecular weight is 513 g/mol. The van der Waals surface area contributed by atoms with Crippen LogP contribution in [0.1, 0.15) is 38.5 Å². The van der Waals surface area contributed by atoms with E-state index in [9.17, 15) is 4.79 Å². The maximum absolute atomic E-state index is 12.0. The zero-order valence-corrected chi connectivity index (χ0v) is 22.4. The van der Waals surface area contributed by atoms with Crippen LogP contribution in [0.15, 0.2) is 40.5 Å². The Balaban J connectivity index is 1.55. The summed E-state index contributed by atoms with van der Waals surface area (Å²) >= 11 is 3.08. The van der Waals surface area contributed by atoms with Crippen molar-refractivity contribution in [2.75, 3.05) is 48.8 Å². The molecule has 2 N–H and O–H groups in total. The number of nitrogens with one attached hydrogen (secondary N) is 2. The largest absolute Gasteiger partial charge is 0.338 e. The first-order valence-corrected chi connectivity index (χ1v) is 13.4. The zero-order chi connectivity index (χ0) is 24.9. The summed E-state index contributed by atoms with van der Waals surface area (Å²) in [5.41, 5.74) is 0.772. The number of hydrogen-bond donors (Lipinski definition) is 2. The molecule has 0 radical (unpaired) electrons. The van der Waals surface area contributed by atoms with Gasteiger partial charge in [0.05, 0.1) is 0 Å². The van der Waals surface area contributed by atoms with Gasteiger partial charge in [-0.25, -0.2) is 4.98 Å². The third-order valence-corrected chi connectivity index (χ3v) is 7.64. The minimum Gasteiger partial charge on any atom is -0.338 e. The topological polar surface area (TPSA) is 99.2 Å². The molecule has 1 fully saturated rings.